The number of rotatable bonds is 2. The molecule has 14 heavy (non-hydrogen) atoms. The molecule has 0 radical (unpaired) electrons. The van der Waals surface area contributed by atoms with Crippen LogP contribution >= 0.6 is 34.7 Å². The Balaban J connectivity index is 2.72. The molecule has 2 rings (SSSR count). The summed E-state index contributed by atoms with van der Waals surface area (Å²) in [4.78, 5) is 1.19. The highest BCUT2D eigenvalue weighted by Gasteiger charge is 2.07. The third-order valence-electron chi connectivity index (χ3n) is 2.06. The van der Waals surface area contributed by atoms with Crippen molar-refractivity contribution in [3.8, 4) is 5.06 Å². The van der Waals surface area contributed by atoms with Crippen molar-refractivity contribution in [1.29, 1.82) is 0 Å². The normalized spacial score (nSPS) is 11.0. The molecule has 0 unspecified atom stereocenters. The predicted octanol–water partition coefficient (Wildman–Crippen LogP) is 4.07. The third kappa shape index (κ3) is 1.72. The Morgan fingerprint density at radius 3 is 2.86 bits per heavy atom. The maximum atomic E-state index is 9.41. The monoisotopic (exact) mass is 244 g/mol. The smallest absolute Gasteiger partial charge is 0.172 e. The Hall–Kier alpha value is -0.380. The molecule has 0 aliphatic carbocycles. The molecule has 74 valence electrons. The number of halogens is 1. The van der Waals surface area contributed by atoms with Gasteiger partial charge in [-0.25, -0.2) is 0 Å². The zero-order valence-electron chi connectivity index (χ0n) is 7.58. The molecule has 1 N–H and O–H groups in total. The molecule has 1 heterocycles. The minimum atomic E-state index is 0.351. The molecule has 1 nitrogen and oxygen atoms in total. The fraction of sp³-hybridized carbons (Fsp3) is 0.200. The van der Waals surface area contributed by atoms with Crippen molar-refractivity contribution in [2.75, 3.05) is 6.26 Å². The van der Waals surface area contributed by atoms with E-state index in [-0.39, 0.29) is 0 Å². The first-order valence-corrected chi connectivity index (χ1v) is 6.67. The lowest BCUT2D eigenvalue weighted by molar-refractivity contribution is 0.491. The summed E-state index contributed by atoms with van der Waals surface area (Å²) in [5.41, 5.74) is 1.09. The Labute approximate surface area is 95.7 Å². The number of fused-ring (bicyclic) bond motifs is 1. The summed E-state index contributed by atoms with van der Waals surface area (Å²) < 4.78 is 1.10. The van der Waals surface area contributed by atoms with E-state index in [0.717, 1.165) is 15.6 Å². The topological polar surface area (TPSA) is 20.2 Å². The van der Waals surface area contributed by atoms with E-state index >= 15 is 0 Å². The third-order valence-corrected chi connectivity index (χ3v) is 3.94. The highest BCUT2D eigenvalue weighted by Crippen LogP contribution is 2.36. The number of hydrogen-bond acceptors (Lipinski definition) is 3. The summed E-state index contributed by atoms with van der Waals surface area (Å²) in [7, 11) is 0. The van der Waals surface area contributed by atoms with Crippen molar-refractivity contribution >= 4 is 44.8 Å². The van der Waals surface area contributed by atoms with E-state index in [9.17, 15) is 5.11 Å². The lowest BCUT2D eigenvalue weighted by atomic mass is 10.1. The lowest BCUT2D eigenvalue weighted by Gasteiger charge is -2.01. The van der Waals surface area contributed by atoms with E-state index in [1.54, 1.807) is 17.8 Å². The molecule has 0 saturated heterocycles. The molecule has 2 aromatic rings. The summed E-state index contributed by atoms with van der Waals surface area (Å²) in [6.45, 7) is 0. The SMILES string of the molecule is CSc1cc(CCl)c2cc(O)sc2c1. The van der Waals surface area contributed by atoms with Crippen LogP contribution in [0.25, 0.3) is 10.1 Å². The van der Waals surface area contributed by atoms with Gasteiger partial charge in [0.25, 0.3) is 0 Å². The van der Waals surface area contributed by atoms with Crippen LogP contribution in [0.3, 0.4) is 0 Å². The van der Waals surface area contributed by atoms with Crippen molar-refractivity contribution in [3.05, 3.63) is 23.8 Å². The molecule has 4 heteroatoms. The highest BCUT2D eigenvalue weighted by molar-refractivity contribution is 7.98. The van der Waals surface area contributed by atoms with Crippen LogP contribution in [-0.2, 0) is 5.88 Å². The molecule has 0 bridgehead atoms. The average molecular weight is 245 g/mol. The van der Waals surface area contributed by atoms with E-state index in [1.165, 1.54) is 16.2 Å². The zero-order valence-corrected chi connectivity index (χ0v) is 9.97. The molecule has 0 spiro atoms. The number of hydrogen-bond donors (Lipinski definition) is 1. The molecule has 0 aliphatic rings. The fourth-order valence-electron chi connectivity index (χ4n) is 1.40. The van der Waals surface area contributed by atoms with Crippen LogP contribution in [0, 0.1) is 0 Å². The average Bonchev–Trinajstić information content (AvgIpc) is 2.56. The second-order valence-electron chi connectivity index (χ2n) is 2.92. The maximum Gasteiger partial charge on any atom is 0.172 e. The molecule has 0 saturated carbocycles. The summed E-state index contributed by atoms with van der Waals surface area (Å²) in [5, 5.41) is 10.8. The van der Waals surface area contributed by atoms with Gasteiger partial charge in [-0.05, 0) is 30.0 Å². The molecular formula is C10H9ClOS2. The van der Waals surface area contributed by atoms with Crippen LogP contribution in [0.15, 0.2) is 23.1 Å². The van der Waals surface area contributed by atoms with Gasteiger partial charge in [0.05, 0.1) is 0 Å². The van der Waals surface area contributed by atoms with Crippen molar-refractivity contribution < 1.29 is 5.11 Å². The Morgan fingerprint density at radius 2 is 2.21 bits per heavy atom. The maximum absolute atomic E-state index is 9.41. The number of thioether (sulfide) groups is 1. The molecule has 0 atom stereocenters. The summed E-state index contributed by atoms with van der Waals surface area (Å²) in [6.07, 6.45) is 2.03. The van der Waals surface area contributed by atoms with Crippen LogP contribution in [0.4, 0.5) is 0 Å². The number of alkyl halides is 1. The first-order valence-electron chi connectivity index (χ1n) is 4.10. The minimum Gasteiger partial charge on any atom is -0.499 e. The van der Waals surface area contributed by atoms with Gasteiger partial charge in [-0.3, -0.25) is 0 Å². The Morgan fingerprint density at radius 1 is 1.43 bits per heavy atom. The van der Waals surface area contributed by atoms with Crippen molar-refractivity contribution in [2.24, 2.45) is 0 Å². The minimum absolute atomic E-state index is 0.351. The van der Waals surface area contributed by atoms with Gasteiger partial charge < -0.3 is 5.11 Å². The van der Waals surface area contributed by atoms with Gasteiger partial charge in [0.2, 0.25) is 0 Å². The van der Waals surface area contributed by atoms with E-state index in [1.807, 2.05) is 6.26 Å². The van der Waals surface area contributed by atoms with Crippen molar-refractivity contribution in [1.82, 2.24) is 0 Å². The van der Waals surface area contributed by atoms with Crippen LogP contribution in [-0.4, -0.2) is 11.4 Å². The molecule has 1 aromatic heterocycles. The quantitative estimate of drug-likeness (QED) is 0.635. The first kappa shape index (κ1) is 10.1. The largest absolute Gasteiger partial charge is 0.499 e. The van der Waals surface area contributed by atoms with Crippen molar-refractivity contribution in [2.45, 2.75) is 10.8 Å². The van der Waals surface area contributed by atoms with E-state index in [0.29, 0.717) is 10.9 Å². The van der Waals surface area contributed by atoms with Gasteiger partial charge in [-0.2, -0.15) is 0 Å². The standard InChI is InChI=1S/C10H9ClOS2/c1-13-7-2-6(5-11)8-4-10(12)14-9(8)3-7/h2-4,12H,5H2,1H3. The van der Waals surface area contributed by atoms with Crippen LogP contribution in [0.5, 0.6) is 5.06 Å². The number of benzene rings is 1. The summed E-state index contributed by atoms with van der Waals surface area (Å²) >= 11 is 8.94. The van der Waals surface area contributed by atoms with Crippen LogP contribution < -0.4 is 0 Å². The Bertz CT molecular complexity index is 464. The van der Waals surface area contributed by atoms with Gasteiger partial charge in [-0.15, -0.1) is 23.4 Å². The number of aromatic hydroxyl groups is 1. The van der Waals surface area contributed by atoms with Gasteiger partial charge in [0.15, 0.2) is 5.06 Å². The Kier molecular flexibility index (Phi) is 2.91. The summed E-state index contributed by atoms with van der Waals surface area (Å²) in [5.74, 6) is 0.487. The van der Waals surface area contributed by atoms with Crippen LogP contribution in [0.1, 0.15) is 5.56 Å². The van der Waals surface area contributed by atoms with Crippen LogP contribution in [0.2, 0.25) is 0 Å². The lowest BCUT2D eigenvalue weighted by Crippen LogP contribution is -1.80. The molecule has 1 aromatic carbocycles. The van der Waals surface area contributed by atoms with Gasteiger partial charge in [-0.1, -0.05) is 11.3 Å². The van der Waals surface area contributed by atoms with Gasteiger partial charge >= 0.3 is 0 Å². The fourth-order valence-corrected chi connectivity index (χ4v) is 3.08. The molecular weight excluding hydrogens is 236 g/mol. The predicted molar refractivity (Wildman–Crippen MR) is 64.8 cm³/mol. The number of thiophene rings is 1. The summed E-state index contributed by atoms with van der Waals surface area (Å²) in [6, 6.07) is 5.94. The van der Waals surface area contributed by atoms with E-state index < -0.39 is 0 Å². The first-order chi connectivity index (χ1) is 6.74. The van der Waals surface area contributed by atoms with Gasteiger partial charge in [0, 0.05) is 20.9 Å². The second kappa shape index (κ2) is 4.01. The molecule has 0 aliphatic heterocycles. The van der Waals surface area contributed by atoms with E-state index in [4.69, 9.17) is 11.6 Å². The molecule has 0 amide bonds. The zero-order chi connectivity index (χ0) is 10.1. The van der Waals surface area contributed by atoms with Crippen molar-refractivity contribution in [3.63, 3.8) is 0 Å². The molecule has 0 fully saturated rings. The second-order valence-corrected chi connectivity index (χ2v) is 5.13. The highest BCUT2D eigenvalue weighted by atomic mass is 35.5. The van der Waals surface area contributed by atoms with Gasteiger partial charge in [0.1, 0.15) is 0 Å². The van der Waals surface area contributed by atoms with E-state index in [2.05, 4.69) is 12.1 Å².